The lowest BCUT2D eigenvalue weighted by atomic mass is 9.81. The van der Waals surface area contributed by atoms with Crippen LogP contribution in [-0.2, 0) is 20.9 Å². The lowest BCUT2D eigenvalue weighted by Gasteiger charge is -2.46. The Balaban J connectivity index is 1.47. The molecule has 2 atom stereocenters. The highest BCUT2D eigenvalue weighted by molar-refractivity contribution is 6.01. The van der Waals surface area contributed by atoms with Gasteiger partial charge in [0.05, 0.1) is 18.1 Å². The van der Waals surface area contributed by atoms with Crippen molar-refractivity contribution in [2.75, 3.05) is 18.5 Å². The second kappa shape index (κ2) is 10.0. The van der Waals surface area contributed by atoms with E-state index >= 15 is 0 Å². The second-order valence-electron chi connectivity index (χ2n) is 8.37. The van der Waals surface area contributed by atoms with Gasteiger partial charge < -0.3 is 19.5 Å². The Kier molecular flexibility index (Phi) is 6.90. The van der Waals surface area contributed by atoms with Crippen LogP contribution in [0, 0.1) is 12.8 Å². The summed E-state index contributed by atoms with van der Waals surface area (Å²) in [6, 6.07) is 5.44. The molecule has 34 heavy (non-hydrogen) atoms. The standard InChI is InChI=1S/C23H27N5O6/c1-3-33-22(31)15-8-10-16(11-9-15)25-19(29)12-27-18-7-5-4-6-17(18)21(30)28(23(27)32)13-20-24-14(2)26-34-20/h8-11,17-18H,3-7,12-13H2,1-2H3,(H,25,29). The number of ether oxygens (including phenoxy) is 1. The van der Waals surface area contributed by atoms with E-state index in [1.807, 2.05) is 0 Å². The molecule has 0 spiro atoms. The molecular weight excluding hydrogens is 442 g/mol. The summed E-state index contributed by atoms with van der Waals surface area (Å²) in [4.78, 5) is 57.7. The number of nitrogens with zero attached hydrogens (tertiary/aromatic N) is 4. The van der Waals surface area contributed by atoms with Gasteiger partial charge in [0.15, 0.2) is 5.82 Å². The summed E-state index contributed by atoms with van der Waals surface area (Å²) in [6.07, 6.45) is 3.10. The fourth-order valence-corrected chi connectivity index (χ4v) is 4.49. The monoisotopic (exact) mass is 469 g/mol. The fraction of sp³-hybridized carbons (Fsp3) is 0.478. The lowest BCUT2D eigenvalue weighted by molar-refractivity contribution is -0.142. The first-order valence-corrected chi connectivity index (χ1v) is 11.4. The van der Waals surface area contributed by atoms with Crippen molar-refractivity contribution in [1.82, 2.24) is 19.9 Å². The van der Waals surface area contributed by atoms with E-state index in [0.717, 1.165) is 17.7 Å². The maximum absolute atomic E-state index is 13.3. The zero-order valence-electron chi connectivity index (χ0n) is 19.2. The molecule has 11 heteroatoms. The van der Waals surface area contributed by atoms with Crippen LogP contribution >= 0.6 is 0 Å². The van der Waals surface area contributed by atoms with Gasteiger partial charge in [0.2, 0.25) is 17.7 Å². The number of rotatable bonds is 7. The number of urea groups is 1. The molecule has 0 bridgehead atoms. The number of aromatic nitrogens is 2. The number of hydrogen-bond acceptors (Lipinski definition) is 8. The fourth-order valence-electron chi connectivity index (χ4n) is 4.49. The van der Waals surface area contributed by atoms with Crippen LogP contribution in [0.4, 0.5) is 10.5 Å². The van der Waals surface area contributed by atoms with Crippen molar-refractivity contribution in [3.8, 4) is 0 Å². The van der Waals surface area contributed by atoms with Crippen LogP contribution in [0.2, 0.25) is 0 Å². The molecule has 180 valence electrons. The van der Waals surface area contributed by atoms with E-state index in [4.69, 9.17) is 9.26 Å². The van der Waals surface area contributed by atoms with E-state index in [-0.39, 0.29) is 43.5 Å². The van der Waals surface area contributed by atoms with E-state index in [0.29, 0.717) is 29.9 Å². The number of carbonyl (C=O) groups excluding carboxylic acids is 4. The van der Waals surface area contributed by atoms with Crippen LogP contribution in [-0.4, -0.2) is 62.9 Å². The second-order valence-corrected chi connectivity index (χ2v) is 8.37. The maximum Gasteiger partial charge on any atom is 0.338 e. The Morgan fingerprint density at radius 1 is 1.18 bits per heavy atom. The average molecular weight is 469 g/mol. The topological polar surface area (TPSA) is 135 Å². The third-order valence-electron chi connectivity index (χ3n) is 6.05. The maximum atomic E-state index is 13.3. The molecule has 4 amide bonds. The van der Waals surface area contributed by atoms with E-state index < -0.39 is 17.9 Å². The van der Waals surface area contributed by atoms with Gasteiger partial charge in [-0.2, -0.15) is 4.98 Å². The first-order valence-electron chi connectivity index (χ1n) is 11.4. The average Bonchev–Trinajstić information content (AvgIpc) is 3.24. The van der Waals surface area contributed by atoms with Crippen LogP contribution < -0.4 is 5.32 Å². The van der Waals surface area contributed by atoms with Crippen LogP contribution in [0.25, 0.3) is 0 Å². The number of carbonyl (C=O) groups is 4. The van der Waals surface area contributed by atoms with E-state index in [1.165, 1.54) is 4.90 Å². The number of amides is 4. The summed E-state index contributed by atoms with van der Waals surface area (Å²) in [7, 11) is 0. The van der Waals surface area contributed by atoms with Crippen molar-refractivity contribution in [2.45, 2.75) is 52.1 Å². The summed E-state index contributed by atoms with van der Waals surface area (Å²) in [5, 5.41) is 6.47. The van der Waals surface area contributed by atoms with Crippen LogP contribution in [0.15, 0.2) is 28.8 Å². The highest BCUT2D eigenvalue weighted by atomic mass is 16.5. The molecule has 4 rings (SSSR count). The molecule has 0 radical (unpaired) electrons. The van der Waals surface area contributed by atoms with Crippen molar-refractivity contribution in [3.63, 3.8) is 0 Å². The number of anilines is 1. The number of nitrogens with one attached hydrogen (secondary N) is 1. The minimum Gasteiger partial charge on any atom is -0.462 e. The van der Waals surface area contributed by atoms with Gasteiger partial charge in [-0.25, -0.2) is 9.59 Å². The Morgan fingerprint density at radius 2 is 1.91 bits per heavy atom. The molecule has 11 nitrogen and oxygen atoms in total. The van der Waals surface area contributed by atoms with Gasteiger partial charge in [0.1, 0.15) is 13.1 Å². The van der Waals surface area contributed by atoms with E-state index in [9.17, 15) is 19.2 Å². The van der Waals surface area contributed by atoms with E-state index in [2.05, 4.69) is 15.5 Å². The minimum atomic E-state index is -0.545. The van der Waals surface area contributed by atoms with Crippen LogP contribution in [0.5, 0.6) is 0 Å². The first kappa shape index (κ1) is 23.4. The smallest absolute Gasteiger partial charge is 0.338 e. The first-order chi connectivity index (χ1) is 16.4. The Hall–Kier alpha value is -3.76. The predicted octanol–water partition coefficient (Wildman–Crippen LogP) is 2.52. The van der Waals surface area contributed by atoms with E-state index in [1.54, 1.807) is 38.1 Å². The third kappa shape index (κ3) is 4.92. The molecule has 2 aromatic rings. The van der Waals surface area contributed by atoms with Gasteiger partial charge in [0, 0.05) is 11.7 Å². The normalized spacial score (nSPS) is 20.2. The van der Waals surface area contributed by atoms with Gasteiger partial charge in [0.25, 0.3) is 0 Å². The summed E-state index contributed by atoms with van der Waals surface area (Å²) >= 11 is 0. The van der Waals surface area contributed by atoms with Crippen molar-refractivity contribution in [2.24, 2.45) is 5.92 Å². The van der Waals surface area contributed by atoms with Crippen molar-refractivity contribution in [3.05, 3.63) is 41.5 Å². The number of esters is 1. The molecule has 1 aromatic heterocycles. The van der Waals surface area contributed by atoms with Crippen LogP contribution in [0.3, 0.4) is 0 Å². The number of fused-ring (bicyclic) bond motifs is 1. The highest BCUT2D eigenvalue weighted by Crippen LogP contribution is 2.35. The van der Waals surface area contributed by atoms with Gasteiger partial charge in [-0.1, -0.05) is 18.0 Å². The van der Waals surface area contributed by atoms with Gasteiger partial charge in [-0.3, -0.25) is 14.5 Å². The summed E-state index contributed by atoms with van der Waals surface area (Å²) in [6.45, 7) is 3.32. The van der Waals surface area contributed by atoms with Crippen LogP contribution in [0.1, 0.15) is 54.7 Å². The molecule has 2 fully saturated rings. The number of benzene rings is 1. The largest absolute Gasteiger partial charge is 0.462 e. The number of hydrogen-bond donors (Lipinski definition) is 1. The zero-order valence-corrected chi connectivity index (χ0v) is 19.2. The quantitative estimate of drug-likeness (QED) is 0.611. The van der Waals surface area contributed by atoms with Crippen molar-refractivity contribution in [1.29, 1.82) is 0 Å². The van der Waals surface area contributed by atoms with Gasteiger partial charge in [-0.15, -0.1) is 0 Å². The van der Waals surface area contributed by atoms with Crippen molar-refractivity contribution < 1.29 is 28.4 Å². The molecule has 1 N–H and O–H groups in total. The number of aryl methyl sites for hydroxylation is 1. The summed E-state index contributed by atoms with van der Waals surface area (Å²) < 4.78 is 10.1. The Labute approximate surface area is 196 Å². The summed E-state index contributed by atoms with van der Waals surface area (Å²) in [5.41, 5.74) is 0.860. The predicted molar refractivity (Wildman–Crippen MR) is 118 cm³/mol. The van der Waals surface area contributed by atoms with Gasteiger partial charge >= 0.3 is 12.0 Å². The molecule has 1 aromatic carbocycles. The Morgan fingerprint density at radius 3 is 2.59 bits per heavy atom. The van der Waals surface area contributed by atoms with Crippen molar-refractivity contribution >= 4 is 29.5 Å². The lowest BCUT2D eigenvalue weighted by Crippen LogP contribution is -2.63. The molecule has 1 saturated carbocycles. The zero-order chi connectivity index (χ0) is 24.2. The van der Waals surface area contributed by atoms with Gasteiger partial charge in [-0.05, 0) is 51.0 Å². The molecule has 2 unspecified atom stereocenters. The highest BCUT2D eigenvalue weighted by Gasteiger charge is 2.47. The molecular formula is C23H27N5O6. The molecule has 2 heterocycles. The SMILES string of the molecule is CCOC(=O)c1ccc(NC(=O)CN2C(=O)N(Cc3nc(C)no3)C(=O)C3CCCCC32)cc1. The summed E-state index contributed by atoms with van der Waals surface area (Å²) in [5.74, 6) is -0.899. The minimum absolute atomic E-state index is 0.130. The Bertz CT molecular complexity index is 1080. The third-order valence-corrected chi connectivity index (χ3v) is 6.05. The molecule has 1 aliphatic heterocycles. The molecule has 1 aliphatic carbocycles. The molecule has 1 saturated heterocycles. The number of imide groups is 1. The molecule has 2 aliphatic rings.